The van der Waals surface area contributed by atoms with Gasteiger partial charge in [-0.25, -0.2) is 0 Å². The second-order valence-corrected chi connectivity index (χ2v) is 7.39. The van der Waals surface area contributed by atoms with E-state index in [1.807, 2.05) is 18.2 Å². The first-order chi connectivity index (χ1) is 13.5. The van der Waals surface area contributed by atoms with Crippen LogP contribution in [0, 0.1) is 11.8 Å². The molecule has 0 radical (unpaired) electrons. The molecular formula is C22H30O6. The minimum atomic E-state index is -0.355. The Morgan fingerprint density at radius 3 is 2.07 bits per heavy atom. The molecule has 1 aliphatic carbocycles. The van der Waals surface area contributed by atoms with Crippen LogP contribution in [-0.2, 0) is 37.1 Å². The Bertz CT molecular complexity index is 633. The molecule has 6 heteroatoms. The molecule has 2 atom stereocenters. The van der Waals surface area contributed by atoms with Crippen molar-refractivity contribution in [3.63, 3.8) is 0 Å². The van der Waals surface area contributed by atoms with E-state index in [-0.39, 0.29) is 25.2 Å². The number of rotatable bonds is 10. The summed E-state index contributed by atoms with van der Waals surface area (Å²) in [5.74, 6) is 0.931. The molecule has 0 spiro atoms. The second kappa shape index (κ2) is 11.5. The van der Waals surface area contributed by atoms with Gasteiger partial charge in [0.1, 0.15) is 25.2 Å². The third kappa shape index (κ3) is 7.71. The first-order valence-electron chi connectivity index (χ1n) is 9.94. The number of benzene rings is 1. The quantitative estimate of drug-likeness (QED) is 0.444. The van der Waals surface area contributed by atoms with Gasteiger partial charge in [0.25, 0.3) is 0 Å². The lowest BCUT2D eigenvalue weighted by molar-refractivity contribution is -0.142. The SMILES string of the molecule is CC(=O)OCc1cc(COC(C)=O)cc(OCCC2CCCCC2CC=O)c1. The molecule has 0 aliphatic heterocycles. The average molecular weight is 390 g/mol. The highest BCUT2D eigenvalue weighted by Gasteiger charge is 2.24. The largest absolute Gasteiger partial charge is 0.494 e. The maximum Gasteiger partial charge on any atom is 0.302 e. The molecule has 6 nitrogen and oxygen atoms in total. The molecule has 1 aromatic carbocycles. The molecule has 1 fully saturated rings. The van der Waals surface area contributed by atoms with Gasteiger partial charge < -0.3 is 19.0 Å². The summed E-state index contributed by atoms with van der Waals surface area (Å²) in [7, 11) is 0. The Morgan fingerprint density at radius 2 is 1.54 bits per heavy atom. The first-order valence-corrected chi connectivity index (χ1v) is 9.94. The molecule has 0 N–H and O–H groups in total. The monoisotopic (exact) mass is 390 g/mol. The fourth-order valence-corrected chi connectivity index (χ4v) is 3.78. The van der Waals surface area contributed by atoms with E-state index >= 15 is 0 Å². The summed E-state index contributed by atoms with van der Waals surface area (Å²) in [6.07, 6.45) is 7.25. The van der Waals surface area contributed by atoms with Crippen LogP contribution in [0.15, 0.2) is 18.2 Å². The fraction of sp³-hybridized carbons (Fsp3) is 0.591. The van der Waals surface area contributed by atoms with Crippen LogP contribution in [0.25, 0.3) is 0 Å². The Hall–Kier alpha value is -2.37. The summed E-state index contributed by atoms with van der Waals surface area (Å²) in [5.41, 5.74) is 1.57. The molecule has 0 amide bonds. The van der Waals surface area contributed by atoms with Crippen LogP contribution < -0.4 is 4.74 Å². The van der Waals surface area contributed by atoms with Gasteiger partial charge in [-0.3, -0.25) is 9.59 Å². The summed E-state index contributed by atoms with van der Waals surface area (Å²) < 4.78 is 16.1. The van der Waals surface area contributed by atoms with E-state index in [1.165, 1.54) is 26.7 Å². The van der Waals surface area contributed by atoms with Crippen molar-refractivity contribution in [1.29, 1.82) is 0 Å². The highest BCUT2D eigenvalue weighted by atomic mass is 16.5. The maximum absolute atomic E-state index is 11.1. The minimum Gasteiger partial charge on any atom is -0.494 e. The van der Waals surface area contributed by atoms with Gasteiger partial charge in [0.15, 0.2) is 0 Å². The summed E-state index contributed by atoms with van der Waals surface area (Å²) in [5, 5.41) is 0. The third-order valence-electron chi connectivity index (χ3n) is 5.13. The van der Waals surface area contributed by atoms with Gasteiger partial charge in [-0.2, -0.15) is 0 Å². The minimum absolute atomic E-state index is 0.142. The van der Waals surface area contributed by atoms with Crippen molar-refractivity contribution in [2.24, 2.45) is 11.8 Å². The zero-order valence-corrected chi connectivity index (χ0v) is 16.8. The van der Waals surface area contributed by atoms with Crippen LogP contribution >= 0.6 is 0 Å². The summed E-state index contributed by atoms with van der Waals surface area (Å²) >= 11 is 0. The highest BCUT2D eigenvalue weighted by Crippen LogP contribution is 2.34. The van der Waals surface area contributed by atoms with Crippen LogP contribution in [0.4, 0.5) is 0 Å². The zero-order valence-electron chi connectivity index (χ0n) is 16.8. The van der Waals surface area contributed by atoms with Crippen molar-refractivity contribution in [1.82, 2.24) is 0 Å². The zero-order chi connectivity index (χ0) is 20.4. The molecule has 28 heavy (non-hydrogen) atoms. The maximum atomic E-state index is 11.1. The summed E-state index contributed by atoms with van der Waals surface area (Å²) in [6.45, 7) is 3.57. The number of carbonyl (C=O) groups is 3. The molecule has 0 bridgehead atoms. The van der Waals surface area contributed by atoms with Gasteiger partial charge in [-0.1, -0.05) is 19.3 Å². The molecule has 1 saturated carbocycles. The van der Waals surface area contributed by atoms with Crippen LogP contribution in [0.3, 0.4) is 0 Å². The third-order valence-corrected chi connectivity index (χ3v) is 5.13. The first kappa shape index (κ1) is 21.9. The van der Waals surface area contributed by atoms with Gasteiger partial charge in [0.05, 0.1) is 6.61 Å². The van der Waals surface area contributed by atoms with Gasteiger partial charge in [-0.15, -0.1) is 0 Å². The fourth-order valence-electron chi connectivity index (χ4n) is 3.78. The van der Waals surface area contributed by atoms with Gasteiger partial charge in [0, 0.05) is 20.3 Å². The van der Waals surface area contributed by atoms with E-state index in [4.69, 9.17) is 14.2 Å². The molecule has 0 heterocycles. The van der Waals surface area contributed by atoms with Crippen LogP contribution in [0.2, 0.25) is 0 Å². The van der Waals surface area contributed by atoms with Crippen molar-refractivity contribution >= 4 is 18.2 Å². The van der Waals surface area contributed by atoms with Crippen LogP contribution in [-0.4, -0.2) is 24.8 Å². The molecule has 1 aliphatic rings. The van der Waals surface area contributed by atoms with Crippen LogP contribution in [0.5, 0.6) is 5.75 Å². The number of ether oxygens (including phenoxy) is 3. The van der Waals surface area contributed by atoms with E-state index < -0.39 is 0 Å². The molecule has 154 valence electrons. The normalized spacial score (nSPS) is 18.9. The lowest BCUT2D eigenvalue weighted by Crippen LogP contribution is -2.22. The smallest absolute Gasteiger partial charge is 0.302 e. The van der Waals surface area contributed by atoms with Crippen molar-refractivity contribution in [2.75, 3.05) is 6.61 Å². The predicted octanol–water partition coefficient (Wildman–Crippen LogP) is 3.98. The lowest BCUT2D eigenvalue weighted by Gasteiger charge is -2.30. The molecule has 2 unspecified atom stereocenters. The van der Waals surface area contributed by atoms with Crippen LogP contribution in [0.1, 0.15) is 63.5 Å². The summed E-state index contributed by atoms with van der Waals surface area (Å²) in [4.78, 5) is 33.1. The van der Waals surface area contributed by atoms with E-state index in [9.17, 15) is 14.4 Å². The Kier molecular flexibility index (Phi) is 8.98. The molecule has 1 aromatic rings. The molecule has 2 rings (SSSR count). The van der Waals surface area contributed by atoms with Gasteiger partial charge in [0.2, 0.25) is 0 Å². The van der Waals surface area contributed by atoms with Crippen molar-refractivity contribution < 1.29 is 28.6 Å². The van der Waals surface area contributed by atoms with Gasteiger partial charge in [-0.05, 0) is 54.0 Å². The topological polar surface area (TPSA) is 78.9 Å². The second-order valence-electron chi connectivity index (χ2n) is 7.39. The van der Waals surface area contributed by atoms with Gasteiger partial charge >= 0.3 is 11.9 Å². The molecule has 0 aromatic heterocycles. The van der Waals surface area contributed by atoms with Crippen molar-refractivity contribution in [3.05, 3.63) is 29.3 Å². The van der Waals surface area contributed by atoms with E-state index in [2.05, 4.69) is 0 Å². The molecule has 0 saturated heterocycles. The summed E-state index contributed by atoms with van der Waals surface area (Å²) in [6, 6.07) is 5.51. The number of esters is 2. The van der Waals surface area contributed by atoms with E-state index in [0.717, 1.165) is 36.7 Å². The Labute approximate surface area is 166 Å². The van der Waals surface area contributed by atoms with Crippen molar-refractivity contribution in [2.45, 2.75) is 65.6 Å². The Balaban J connectivity index is 1.98. The predicted molar refractivity (Wildman–Crippen MR) is 104 cm³/mol. The number of hydrogen-bond acceptors (Lipinski definition) is 6. The van der Waals surface area contributed by atoms with E-state index in [0.29, 0.717) is 30.6 Å². The number of carbonyl (C=O) groups excluding carboxylic acids is 3. The number of aldehydes is 1. The van der Waals surface area contributed by atoms with Crippen molar-refractivity contribution in [3.8, 4) is 5.75 Å². The lowest BCUT2D eigenvalue weighted by atomic mass is 9.76. The molecular weight excluding hydrogens is 360 g/mol. The standard InChI is InChI=1S/C22H30O6/c1-16(24)27-14-18-11-19(15-28-17(2)25)13-22(12-18)26-10-8-21-6-4-3-5-20(21)7-9-23/h9,11-13,20-21H,3-8,10,14-15H2,1-2H3. The highest BCUT2D eigenvalue weighted by molar-refractivity contribution is 5.66. The average Bonchev–Trinajstić information content (AvgIpc) is 2.66. The van der Waals surface area contributed by atoms with E-state index in [1.54, 1.807) is 0 Å². The number of hydrogen-bond donors (Lipinski definition) is 0. The Morgan fingerprint density at radius 1 is 0.964 bits per heavy atom.